The highest BCUT2D eigenvalue weighted by Gasteiger charge is 2.12. The average molecular weight is 462 g/mol. The van der Waals surface area contributed by atoms with E-state index in [4.69, 9.17) is 35.3 Å². The van der Waals surface area contributed by atoms with Crippen molar-refractivity contribution in [2.45, 2.75) is 6.42 Å². The Hall–Kier alpha value is -3.39. The first-order valence-corrected chi connectivity index (χ1v) is 10.3. The van der Waals surface area contributed by atoms with E-state index in [2.05, 4.69) is 5.32 Å². The molecule has 3 rings (SSSR count). The predicted molar refractivity (Wildman–Crippen MR) is 119 cm³/mol. The highest BCUT2D eigenvalue weighted by atomic mass is 35.5. The summed E-state index contributed by atoms with van der Waals surface area (Å²) in [5, 5.41) is 3.06. The number of benzene rings is 2. The molecule has 0 aromatic heterocycles. The van der Waals surface area contributed by atoms with Gasteiger partial charge < -0.3 is 29.0 Å². The lowest BCUT2D eigenvalue weighted by molar-refractivity contribution is -0.143. The third-order valence-electron chi connectivity index (χ3n) is 4.56. The van der Waals surface area contributed by atoms with Crippen molar-refractivity contribution in [2.24, 2.45) is 0 Å². The fourth-order valence-corrected chi connectivity index (χ4v) is 3.32. The molecule has 1 aliphatic heterocycles. The number of fused-ring (bicyclic) bond motifs is 1. The van der Waals surface area contributed by atoms with E-state index in [0.29, 0.717) is 54.0 Å². The molecule has 32 heavy (non-hydrogen) atoms. The Bertz CT molecular complexity index is 1010. The van der Waals surface area contributed by atoms with Crippen LogP contribution in [0.5, 0.6) is 23.0 Å². The first-order valence-electron chi connectivity index (χ1n) is 9.91. The van der Waals surface area contributed by atoms with Crippen molar-refractivity contribution in [1.29, 1.82) is 0 Å². The molecular weight excluding hydrogens is 438 g/mol. The van der Waals surface area contributed by atoms with Crippen LogP contribution in [0.3, 0.4) is 0 Å². The summed E-state index contributed by atoms with van der Waals surface area (Å²) in [6.45, 7) is 1.08. The van der Waals surface area contributed by atoms with Crippen molar-refractivity contribution in [3.8, 4) is 23.0 Å². The average Bonchev–Trinajstić information content (AvgIpc) is 2.80. The molecule has 0 atom stereocenters. The molecule has 170 valence electrons. The number of halogens is 1. The Kier molecular flexibility index (Phi) is 8.21. The van der Waals surface area contributed by atoms with Crippen molar-refractivity contribution < 1.29 is 33.3 Å². The maximum Gasteiger partial charge on any atom is 0.331 e. The zero-order valence-electron chi connectivity index (χ0n) is 17.8. The summed E-state index contributed by atoms with van der Waals surface area (Å²) >= 11 is 6.14. The maximum absolute atomic E-state index is 11.9. The van der Waals surface area contributed by atoms with Crippen molar-refractivity contribution in [3.05, 3.63) is 52.6 Å². The Morgan fingerprint density at radius 3 is 2.62 bits per heavy atom. The number of rotatable bonds is 9. The van der Waals surface area contributed by atoms with Crippen LogP contribution in [0.2, 0.25) is 5.02 Å². The van der Waals surface area contributed by atoms with Crippen LogP contribution < -0.4 is 24.3 Å². The number of nitrogens with one attached hydrogen (secondary N) is 1. The molecular formula is C23H24ClNO7. The van der Waals surface area contributed by atoms with Crippen LogP contribution in [0.15, 0.2) is 36.4 Å². The largest absolute Gasteiger partial charge is 0.493 e. The van der Waals surface area contributed by atoms with E-state index in [-0.39, 0.29) is 6.61 Å². The second-order valence-electron chi connectivity index (χ2n) is 6.76. The fraction of sp³-hybridized carbons (Fsp3) is 0.304. The van der Waals surface area contributed by atoms with Gasteiger partial charge in [0.2, 0.25) is 0 Å². The zero-order valence-corrected chi connectivity index (χ0v) is 18.6. The predicted octanol–water partition coefficient (Wildman–Crippen LogP) is 3.04. The summed E-state index contributed by atoms with van der Waals surface area (Å²) in [5.41, 5.74) is 1.62. The Morgan fingerprint density at radius 1 is 1.09 bits per heavy atom. The molecule has 0 saturated carbocycles. The van der Waals surface area contributed by atoms with Gasteiger partial charge in [0.1, 0.15) is 13.2 Å². The highest BCUT2D eigenvalue weighted by Crippen LogP contribution is 2.36. The van der Waals surface area contributed by atoms with Crippen LogP contribution in [0.4, 0.5) is 0 Å². The molecule has 0 spiro atoms. The van der Waals surface area contributed by atoms with Gasteiger partial charge >= 0.3 is 5.97 Å². The number of carbonyl (C=O) groups is 2. The lowest BCUT2D eigenvalue weighted by Crippen LogP contribution is -2.30. The van der Waals surface area contributed by atoms with Gasteiger partial charge in [-0.05, 0) is 47.9 Å². The van der Waals surface area contributed by atoms with Crippen LogP contribution in [0.1, 0.15) is 11.1 Å². The molecule has 1 heterocycles. The van der Waals surface area contributed by atoms with Gasteiger partial charge in [0.15, 0.2) is 29.6 Å². The third-order valence-corrected chi connectivity index (χ3v) is 4.84. The Labute approximate surface area is 191 Å². The minimum Gasteiger partial charge on any atom is -0.493 e. The van der Waals surface area contributed by atoms with Gasteiger partial charge in [0.05, 0.1) is 19.2 Å². The molecule has 0 saturated heterocycles. The maximum atomic E-state index is 11.9. The quantitative estimate of drug-likeness (QED) is 0.453. The summed E-state index contributed by atoms with van der Waals surface area (Å²) in [6, 6.07) is 8.96. The smallest absolute Gasteiger partial charge is 0.331 e. The van der Waals surface area contributed by atoms with Gasteiger partial charge in [0.25, 0.3) is 5.91 Å². The van der Waals surface area contributed by atoms with Gasteiger partial charge in [-0.3, -0.25) is 4.79 Å². The first kappa shape index (κ1) is 23.3. The second-order valence-corrected chi connectivity index (χ2v) is 7.16. The summed E-state index contributed by atoms with van der Waals surface area (Å²) in [5.74, 6) is 1.22. The van der Waals surface area contributed by atoms with Gasteiger partial charge in [-0.1, -0.05) is 17.7 Å². The van der Waals surface area contributed by atoms with Crippen molar-refractivity contribution >= 4 is 29.6 Å². The van der Waals surface area contributed by atoms with Gasteiger partial charge in [-0.2, -0.15) is 0 Å². The lowest BCUT2D eigenvalue weighted by Gasteiger charge is -2.18. The summed E-state index contributed by atoms with van der Waals surface area (Å²) in [4.78, 5) is 23.8. The standard InChI is InChI=1S/C23H24ClNO7/c1-28-20-13-16(11-17(24)23(20)29-2)4-6-22(27)32-14-21(26)25-8-7-15-3-5-18-19(12-15)31-10-9-30-18/h3-6,11-13H,7-10,14H2,1-2H3,(H,25,26). The number of amides is 1. The molecule has 2 aromatic rings. The summed E-state index contributed by atoms with van der Waals surface area (Å²) in [6.07, 6.45) is 3.33. The van der Waals surface area contributed by atoms with E-state index >= 15 is 0 Å². The zero-order chi connectivity index (χ0) is 22.9. The molecule has 0 radical (unpaired) electrons. The normalized spacial score (nSPS) is 12.3. The monoisotopic (exact) mass is 461 g/mol. The highest BCUT2D eigenvalue weighted by molar-refractivity contribution is 6.32. The van der Waals surface area contributed by atoms with Gasteiger partial charge in [0, 0.05) is 12.6 Å². The third kappa shape index (κ3) is 6.31. The number of ether oxygens (including phenoxy) is 5. The van der Waals surface area contributed by atoms with Crippen molar-refractivity contribution in [1.82, 2.24) is 5.32 Å². The molecule has 0 fully saturated rings. The van der Waals surface area contributed by atoms with E-state index in [1.54, 1.807) is 12.1 Å². The number of methoxy groups -OCH3 is 2. The second kappa shape index (κ2) is 11.3. The minimum atomic E-state index is -0.655. The van der Waals surface area contributed by atoms with Crippen molar-refractivity contribution in [2.75, 3.05) is 40.6 Å². The molecule has 2 aromatic carbocycles. The molecule has 9 heteroatoms. The minimum absolute atomic E-state index is 0.345. The van der Waals surface area contributed by atoms with Crippen LogP contribution >= 0.6 is 11.6 Å². The number of carbonyl (C=O) groups excluding carboxylic acids is 2. The Balaban J connectivity index is 1.42. The van der Waals surface area contributed by atoms with Gasteiger partial charge in [-0.25, -0.2) is 4.79 Å². The van der Waals surface area contributed by atoms with E-state index in [1.807, 2.05) is 18.2 Å². The van der Waals surface area contributed by atoms with Crippen LogP contribution in [0, 0.1) is 0 Å². The molecule has 8 nitrogen and oxygen atoms in total. The topological polar surface area (TPSA) is 92.3 Å². The lowest BCUT2D eigenvalue weighted by atomic mass is 10.1. The molecule has 1 N–H and O–H groups in total. The molecule has 0 unspecified atom stereocenters. The van der Waals surface area contributed by atoms with E-state index < -0.39 is 11.9 Å². The Morgan fingerprint density at radius 2 is 1.88 bits per heavy atom. The van der Waals surface area contributed by atoms with Crippen LogP contribution in [-0.4, -0.2) is 52.5 Å². The number of hydrogen-bond acceptors (Lipinski definition) is 7. The van der Waals surface area contributed by atoms with Crippen LogP contribution in [0.25, 0.3) is 6.08 Å². The molecule has 0 bridgehead atoms. The SMILES string of the molecule is COc1cc(C=CC(=O)OCC(=O)NCCc2ccc3c(c2)OCCO3)cc(Cl)c1OC. The summed E-state index contributed by atoms with van der Waals surface area (Å²) < 4.78 is 26.4. The number of hydrogen-bond donors (Lipinski definition) is 1. The van der Waals surface area contributed by atoms with Crippen LogP contribution in [-0.2, 0) is 20.7 Å². The molecule has 1 amide bonds. The summed E-state index contributed by atoms with van der Waals surface area (Å²) in [7, 11) is 2.97. The molecule has 1 aliphatic rings. The van der Waals surface area contributed by atoms with E-state index in [9.17, 15) is 9.59 Å². The first-order chi connectivity index (χ1) is 15.5. The fourth-order valence-electron chi connectivity index (χ4n) is 3.02. The van der Waals surface area contributed by atoms with Crippen molar-refractivity contribution in [3.63, 3.8) is 0 Å². The molecule has 0 aliphatic carbocycles. The van der Waals surface area contributed by atoms with Gasteiger partial charge in [-0.15, -0.1) is 0 Å². The van der Waals surface area contributed by atoms with E-state index in [0.717, 1.165) is 11.3 Å². The number of esters is 1. The van der Waals surface area contributed by atoms with E-state index in [1.165, 1.54) is 26.4 Å².